The second kappa shape index (κ2) is 8.55. The Bertz CT molecular complexity index is 1050. The molecule has 0 saturated heterocycles. The van der Waals surface area contributed by atoms with E-state index in [0.29, 0.717) is 38.3 Å². The fourth-order valence-electron chi connectivity index (χ4n) is 2.68. The summed E-state index contributed by atoms with van der Waals surface area (Å²) in [5.41, 5.74) is 2.10. The zero-order valence-electron chi connectivity index (χ0n) is 15.5. The molecule has 0 atom stereocenters. The standard InChI is InChI=1S/C20H16Cl2N2O5/c1-11-14(20(27)24(23-11)13-4-5-15(21)16(22)9-13)7-12-3-6-17(18(8-12)28-2)29-10-19(25)26/h3-9H,10H2,1-2H3,(H,25,26)/b14-7+. The lowest BCUT2D eigenvalue weighted by Gasteiger charge is -2.12. The maximum Gasteiger partial charge on any atom is 0.341 e. The van der Waals surface area contributed by atoms with Gasteiger partial charge in [-0.25, -0.2) is 4.79 Å². The minimum atomic E-state index is -1.09. The minimum absolute atomic E-state index is 0.289. The summed E-state index contributed by atoms with van der Waals surface area (Å²) in [4.78, 5) is 23.5. The Balaban J connectivity index is 1.88. The van der Waals surface area contributed by atoms with E-state index in [1.807, 2.05) is 0 Å². The number of carboxylic acid groups (broad SMARTS) is 1. The molecule has 1 heterocycles. The maximum atomic E-state index is 12.9. The van der Waals surface area contributed by atoms with Gasteiger partial charge in [0, 0.05) is 0 Å². The molecule has 0 saturated carbocycles. The summed E-state index contributed by atoms with van der Waals surface area (Å²) < 4.78 is 10.4. The molecule has 0 spiro atoms. The van der Waals surface area contributed by atoms with E-state index in [9.17, 15) is 9.59 Å². The van der Waals surface area contributed by atoms with Crippen molar-refractivity contribution in [2.45, 2.75) is 6.92 Å². The molecule has 3 rings (SSSR count). The van der Waals surface area contributed by atoms with Crippen molar-refractivity contribution < 1.29 is 24.2 Å². The first kappa shape index (κ1) is 20.7. The highest BCUT2D eigenvalue weighted by Crippen LogP contribution is 2.32. The van der Waals surface area contributed by atoms with E-state index in [1.165, 1.54) is 12.1 Å². The van der Waals surface area contributed by atoms with Crippen LogP contribution < -0.4 is 14.5 Å². The van der Waals surface area contributed by atoms with Crippen LogP contribution >= 0.6 is 23.2 Å². The fraction of sp³-hybridized carbons (Fsp3) is 0.150. The van der Waals surface area contributed by atoms with Crippen LogP contribution in [0.4, 0.5) is 5.69 Å². The van der Waals surface area contributed by atoms with Gasteiger partial charge in [0.05, 0.1) is 34.1 Å². The molecule has 2 aromatic rings. The van der Waals surface area contributed by atoms with Crippen LogP contribution in [0.3, 0.4) is 0 Å². The van der Waals surface area contributed by atoms with Gasteiger partial charge < -0.3 is 14.6 Å². The fourth-order valence-corrected chi connectivity index (χ4v) is 2.97. The van der Waals surface area contributed by atoms with E-state index in [4.69, 9.17) is 37.8 Å². The van der Waals surface area contributed by atoms with Crippen LogP contribution in [0.5, 0.6) is 11.5 Å². The van der Waals surface area contributed by atoms with Crippen LogP contribution in [0.15, 0.2) is 47.1 Å². The molecule has 29 heavy (non-hydrogen) atoms. The van der Waals surface area contributed by atoms with Gasteiger partial charge in [0.25, 0.3) is 5.91 Å². The molecule has 0 fully saturated rings. The molecule has 9 heteroatoms. The number of ether oxygens (including phenoxy) is 2. The molecule has 1 N–H and O–H groups in total. The number of amides is 1. The van der Waals surface area contributed by atoms with E-state index in [2.05, 4.69) is 5.10 Å². The van der Waals surface area contributed by atoms with Crippen molar-refractivity contribution in [3.05, 3.63) is 57.6 Å². The summed E-state index contributed by atoms with van der Waals surface area (Å²) in [6.07, 6.45) is 1.67. The second-order valence-corrected chi connectivity index (χ2v) is 6.87. The zero-order chi connectivity index (χ0) is 21.1. The Morgan fingerprint density at radius 1 is 1.17 bits per heavy atom. The van der Waals surface area contributed by atoms with Gasteiger partial charge in [0.1, 0.15) is 0 Å². The third kappa shape index (κ3) is 4.52. The number of nitrogens with zero attached hydrogens (tertiary/aromatic N) is 2. The van der Waals surface area contributed by atoms with Crippen molar-refractivity contribution >= 4 is 52.6 Å². The number of anilines is 1. The number of carboxylic acids is 1. The Hall–Kier alpha value is -3.03. The average Bonchev–Trinajstić information content (AvgIpc) is 2.97. The van der Waals surface area contributed by atoms with Gasteiger partial charge in [0.15, 0.2) is 18.1 Å². The van der Waals surface area contributed by atoms with Crippen molar-refractivity contribution in [2.24, 2.45) is 5.10 Å². The molecule has 0 aliphatic carbocycles. The molecule has 150 valence electrons. The lowest BCUT2D eigenvalue weighted by Crippen LogP contribution is -2.21. The molecule has 0 unspecified atom stereocenters. The van der Waals surface area contributed by atoms with Crippen LogP contribution in [-0.2, 0) is 9.59 Å². The van der Waals surface area contributed by atoms with Gasteiger partial charge in [-0.2, -0.15) is 10.1 Å². The van der Waals surface area contributed by atoms with Gasteiger partial charge in [-0.15, -0.1) is 0 Å². The van der Waals surface area contributed by atoms with Crippen LogP contribution in [0, 0.1) is 0 Å². The number of hydrogen-bond donors (Lipinski definition) is 1. The number of halogens is 2. The minimum Gasteiger partial charge on any atom is -0.493 e. The first-order chi connectivity index (χ1) is 13.8. The summed E-state index contributed by atoms with van der Waals surface area (Å²) >= 11 is 12.0. The summed E-state index contributed by atoms with van der Waals surface area (Å²) in [6, 6.07) is 9.74. The van der Waals surface area contributed by atoms with E-state index in [1.54, 1.807) is 49.4 Å². The van der Waals surface area contributed by atoms with Gasteiger partial charge >= 0.3 is 5.97 Å². The number of methoxy groups -OCH3 is 1. The number of hydrogen-bond acceptors (Lipinski definition) is 5. The number of carbonyl (C=O) groups excluding carboxylic acids is 1. The Morgan fingerprint density at radius 3 is 2.59 bits per heavy atom. The molecular weight excluding hydrogens is 419 g/mol. The van der Waals surface area contributed by atoms with E-state index < -0.39 is 12.6 Å². The smallest absolute Gasteiger partial charge is 0.341 e. The van der Waals surface area contributed by atoms with Crippen LogP contribution in [-0.4, -0.2) is 36.4 Å². The summed E-state index contributed by atoms with van der Waals surface area (Å²) in [6.45, 7) is 1.24. The number of rotatable bonds is 6. The molecule has 1 aliphatic rings. The van der Waals surface area contributed by atoms with Crippen LogP contribution in [0.2, 0.25) is 10.0 Å². The van der Waals surface area contributed by atoms with Crippen molar-refractivity contribution in [2.75, 3.05) is 18.7 Å². The molecule has 1 aliphatic heterocycles. The zero-order valence-corrected chi connectivity index (χ0v) is 17.0. The summed E-state index contributed by atoms with van der Waals surface area (Å²) in [7, 11) is 1.44. The second-order valence-electron chi connectivity index (χ2n) is 6.05. The van der Waals surface area contributed by atoms with E-state index in [-0.39, 0.29) is 11.7 Å². The number of carbonyl (C=O) groups is 2. The van der Waals surface area contributed by atoms with Crippen molar-refractivity contribution in [3.63, 3.8) is 0 Å². The Kier molecular flexibility index (Phi) is 6.10. The topological polar surface area (TPSA) is 88.4 Å². The molecule has 0 bridgehead atoms. The molecule has 7 nitrogen and oxygen atoms in total. The lowest BCUT2D eigenvalue weighted by atomic mass is 10.1. The van der Waals surface area contributed by atoms with Crippen LogP contribution in [0.25, 0.3) is 6.08 Å². The van der Waals surface area contributed by atoms with Crippen molar-refractivity contribution in [1.82, 2.24) is 0 Å². The number of benzene rings is 2. The summed E-state index contributed by atoms with van der Waals surface area (Å²) in [5.74, 6) is -0.769. The van der Waals surface area contributed by atoms with Gasteiger partial charge in [-0.1, -0.05) is 29.3 Å². The average molecular weight is 435 g/mol. The summed E-state index contributed by atoms with van der Waals surface area (Å²) in [5, 5.41) is 15.0. The lowest BCUT2D eigenvalue weighted by molar-refractivity contribution is -0.139. The van der Waals surface area contributed by atoms with Gasteiger partial charge in [-0.3, -0.25) is 4.79 Å². The SMILES string of the molecule is COc1cc(/C=C2/C(=O)N(c3ccc(Cl)c(Cl)c3)N=C2C)ccc1OCC(=O)O. The molecule has 1 amide bonds. The molecule has 0 radical (unpaired) electrons. The molecule has 2 aromatic carbocycles. The number of aliphatic carboxylic acids is 1. The first-order valence-corrected chi connectivity index (χ1v) is 9.15. The van der Waals surface area contributed by atoms with Gasteiger partial charge in [0.2, 0.25) is 0 Å². The number of hydrazone groups is 1. The van der Waals surface area contributed by atoms with Crippen molar-refractivity contribution in [1.29, 1.82) is 0 Å². The highest BCUT2D eigenvalue weighted by atomic mass is 35.5. The largest absolute Gasteiger partial charge is 0.493 e. The maximum absolute atomic E-state index is 12.9. The monoisotopic (exact) mass is 434 g/mol. The Morgan fingerprint density at radius 2 is 1.93 bits per heavy atom. The molecular formula is C20H16Cl2N2O5. The highest BCUT2D eigenvalue weighted by Gasteiger charge is 2.29. The normalized spacial score (nSPS) is 14.9. The quantitative estimate of drug-likeness (QED) is 0.685. The predicted octanol–water partition coefficient (Wildman–Crippen LogP) is 4.27. The molecule has 0 aromatic heterocycles. The van der Waals surface area contributed by atoms with E-state index >= 15 is 0 Å². The third-order valence-corrected chi connectivity index (χ3v) is 4.80. The first-order valence-electron chi connectivity index (χ1n) is 8.39. The third-order valence-electron chi connectivity index (χ3n) is 4.06. The van der Waals surface area contributed by atoms with Crippen molar-refractivity contribution in [3.8, 4) is 11.5 Å². The van der Waals surface area contributed by atoms with E-state index in [0.717, 1.165) is 0 Å². The predicted molar refractivity (Wildman–Crippen MR) is 111 cm³/mol. The highest BCUT2D eigenvalue weighted by molar-refractivity contribution is 6.42. The van der Waals surface area contributed by atoms with Gasteiger partial charge in [-0.05, 0) is 48.9 Å². The Labute approximate surface area is 176 Å². The van der Waals surface area contributed by atoms with Crippen LogP contribution in [0.1, 0.15) is 12.5 Å².